The quantitative estimate of drug-likeness (QED) is 0.393. The normalized spacial score (nSPS) is 21.8. The minimum atomic E-state index is 0.0000594. The molecule has 0 aromatic carbocycles. The number of aromatic nitrogens is 2. The first-order valence-electron chi connectivity index (χ1n) is 14.9. The minimum Gasteiger partial charge on any atom is -0.368 e. The maximum atomic E-state index is 13.4. The first kappa shape index (κ1) is 30.4. The molecule has 2 aromatic heterocycles. The first-order valence-corrected chi connectivity index (χ1v) is 14.9. The van der Waals surface area contributed by atoms with Crippen molar-refractivity contribution in [2.45, 2.75) is 92.8 Å². The molecule has 212 valence electrons. The Kier molecular flexibility index (Phi) is 10.8. The van der Waals surface area contributed by atoms with Crippen LogP contribution in [0.4, 0.5) is 0 Å². The molecule has 1 saturated heterocycles. The number of rotatable bonds is 5. The molecule has 2 atom stereocenters. The van der Waals surface area contributed by atoms with Crippen LogP contribution in [0.25, 0.3) is 17.3 Å². The predicted octanol–water partition coefficient (Wildman–Crippen LogP) is 6.93. The molecule has 1 amide bonds. The molecule has 1 saturated carbocycles. The van der Waals surface area contributed by atoms with Crippen molar-refractivity contribution in [3.05, 3.63) is 72.0 Å². The third-order valence-electron chi connectivity index (χ3n) is 7.81. The second kappa shape index (κ2) is 13.8. The Morgan fingerprint density at radius 2 is 1.82 bits per heavy atom. The van der Waals surface area contributed by atoms with Gasteiger partial charge < -0.3 is 14.2 Å². The third kappa shape index (κ3) is 6.73. The Morgan fingerprint density at radius 3 is 2.44 bits per heavy atom. The van der Waals surface area contributed by atoms with Crippen LogP contribution in [0.2, 0.25) is 0 Å². The lowest BCUT2D eigenvalue weighted by molar-refractivity contribution is -0.124. The molecule has 6 nitrogen and oxygen atoms in total. The van der Waals surface area contributed by atoms with Gasteiger partial charge in [-0.15, -0.1) is 0 Å². The molecule has 6 heteroatoms. The number of imidazole rings is 1. The number of fused-ring (bicyclic) bond motifs is 1. The number of nitrogens with zero attached hydrogens (tertiary/aromatic N) is 5. The van der Waals surface area contributed by atoms with E-state index in [2.05, 4.69) is 53.4 Å². The number of amides is 1. The fourth-order valence-electron chi connectivity index (χ4n) is 5.51. The minimum absolute atomic E-state index is 0.0000594. The van der Waals surface area contributed by atoms with Crippen LogP contribution < -0.4 is 0 Å². The third-order valence-corrected chi connectivity index (χ3v) is 7.81. The zero-order valence-corrected chi connectivity index (χ0v) is 25.4. The lowest BCUT2D eigenvalue weighted by Crippen LogP contribution is -2.56. The van der Waals surface area contributed by atoms with E-state index in [1.165, 1.54) is 19.3 Å². The van der Waals surface area contributed by atoms with E-state index in [0.717, 1.165) is 59.4 Å². The second-order valence-electron chi connectivity index (χ2n) is 10.3. The van der Waals surface area contributed by atoms with Gasteiger partial charge in [0.05, 0.1) is 17.4 Å². The van der Waals surface area contributed by atoms with Gasteiger partial charge in [-0.3, -0.25) is 9.69 Å². The van der Waals surface area contributed by atoms with E-state index in [-0.39, 0.29) is 11.9 Å². The van der Waals surface area contributed by atoms with Gasteiger partial charge in [-0.05, 0) is 63.8 Å². The molecule has 1 aliphatic carbocycles. The van der Waals surface area contributed by atoms with Gasteiger partial charge in [-0.1, -0.05) is 52.8 Å². The molecule has 0 radical (unpaired) electrons. The monoisotopic (exact) mass is 531 g/mol. The van der Waals surface area contributed by atoms with Crippen molar-refractivity contribution < 1.29 is 4.79 Å². The molecule has 2 aliphatic heterocycles. The molecule has 0 bridgehead atoms. The summed E-state index contributed by atoms with van der Waals surface area (Å²) in [7, 11) is 0. The highest BCUT2D eigenvalue weighted by atomic mass is 16.2. The number of hydrogen-bond acceptors (Lipinski definition) is 4. The zero-order chi connectivity index (χ0) is 28.7. The maximum Gasteiger partial charge on any atom is 0.251 e. The molecule has 2 aromatic rings. The standard InChI is InChI=1S/C29H37N5O.2C2H6/c1-6-24-15-25(18-32-16-21(3)30-29(24)32)20(2)14-28(35)34-19-27(11-10-22(34)4)31-12-13-33(23(5)17-31)26-8-7-9-26;2*1-2/h6,10-11,14-16,18-19,22-23,26H,1,7-9,12-13,17H2,2-5H3;2*1-2H3/b20-14+;;/t22?,23-;;/m0../s1. The number of allylic oxidation sites excluding steroid dienone is 2. The molecule has 0 spiro atoms. The predicted molar refractivity (Wildman–Crippen MR) is 165 cm³/mol. The molecule has 1 unspecified atom stereocenters. The fraction of sp³-hybridized carbons (Fsp3) is 0.515. The summed E-state index contributed by atoms with van der Waals surface area (Å²) < 4.78 is 2.01. The van der Waals surface area contributed by atoms with Crippen LogP contribution in [0.15, 0.2) is 55.2 Å². The highest BCUT2D eigenvalue weighted by molar-refractivity contribution is 5.96. The average molecular weight is 532 g/mol. The Labute approximate surface area is 236 Å². The Hall–Kier alpha value is -3.12. The summed E-state index contributed by atoms with van der Waals surface area (Å²) in [6, 6.07) is 3.39. The van der Waals surface area contributed by atoms with Crippen molar-refractivity contribution in [3.8, 4) is 0 Å². The second-order valence-corrected chi connectivity index (χ2v) is 10.3. The number of hydrogen-bond donors (Lipinski definition) is 0. The van der Waals surface area contributed by atoms with Gasteiger partial charge in [0.25, 0.3) is 5.91 Å². The molecule has 2 fully saturated rings. The van der Waals surface area contributed by atoms with Crippen molar-refractivity contribution in [2.75, 3.05) is 19.6 Å². The summed E-state index contributed by atoms with van der Waals surface area (Å²) in [4.78, 5) is 25.0. The SMILES string of the molecule is C=Cc1cc(/C(C)=C/C(=O)N2C=C(N3CCN(C4CCC4)[C@@H](C)C3)C=CC2C)cn2cc(C)nc12.CC.CC. The summed E-state index contributed by atoms with van der Waals surface area (Å²) in [6.07, 6.45) is 18.0. The van der Waals surface area contributed by atoms with Crippen LogP contribution in [-0.2, 0) is 4.79 Å². The van der Waals surface area contributed by atoms with Crippen LogP contribution in [0.5, 0.6) is 0 Å². The van der Waals surface area contributed by atoms with Gasteiger partial charge in [0.2, 0.25) is 0 Å². The number of aryl methyl sites for hydroxylation is 1. The summed E-state index contributed by atoms with van der Waals surface area (Å²) >= 11 is 0. The number of piperazine rings is 1. The van der Waals surface area contributed by atoms with Crippen molar-refractivity contribution in [3.63, 3.8) is 0 Å². The lowest BCUT2D eigenvalue weighted by atomic mass is 9.89. The van der Waals surface area contributed by atoms with Crippen molar-refractivity contribution in [2.24, 2.45) is 0 Å². The van der Waals surface area contributed by atoms with E-state index in [0.29, 0.717) is 6.04 Å². The van der Waals surface area contributed by atoms with Gasteiger partial charge in [0, 0.05) is 62.0 Å². The van der Waals surface area contributed by atoms with Gasteiger partial charge in [0.15, 0.2) is 0 Å². The van der Waals surface area contributed by atoms with E-state index in [4.69, 9.17) is 0 Å². The van der Waals surface area contributed by atoms with Crippen molar-refractivity contribution >= 4 is 23.2 Å². The van der Waals surface area contributed by atoms with E-state index in [1.807, 2.05) is 75.5 Å². The maximum absolute atomic E-state index is 13.4. The van der Waals surface area contributed by atoms with Gasteiger partial charge in [-0.2, -0.15) is 0 Å². The number of carbonyl (C=O) groups is 1. The fourth-order valence-corrected chi connectivity index (χ4v) is 5.51. The Balaban J connectivity index is 0.00000100. The molecule has 0 N–H and O–H groups in total. The smallest absolute Gasteiger partial charge is 0.251 e. The average Bonchev–Trinajstić information content (AvgIpc) is 3.30. The molecular weight excluding hydrogens is 482 g/mol. The highest BCUT2D eigenvalue weighted by Crippen LogP contribution is 2.30. The number of carbonyl (C=O) groups excluding carboxylic acids is 1. The van der Waals surface area contributed by atoms with Crippen LogP contribution >= 0.6 is 0 Å². The van der Waals surface area contributed by atoms with Crippen LogP contribution in [0, 0.1) is 6.92 Å². The molecule has 3 aliphatic rings. The summed E-state index contributed by atoms with van der Waals surface area (Å²) in [5, 5.41) is 0. The van der Waals surface area contributed by atoms with Crippen molar-refractivity contribution in [1.82, 2.24) is 24.1 Å². The Morgan fingerprint density at radius 1 is 1.10 bits per heavy atom. The van der Waals surface area contributed by atoms with Crippen LogP contribution in [0.3, 0.4) is 0 Å². The summed E-state index contributed by atoms with van der Waals surface area (Å²) in [5.74, 6) is 0.0000594. The van der Waals surface area contributed by atoms with Crippen molar-refractivity contribution in [1.29, 1.82) is 0 Å². The lowest BCUT2D eigenvalue weighted by Gasteiger charge is -2.48. The van der Waals surface area contributed by atoms with Crippen LogP contribution in [-0.4, -0.2) is 67.8 Å². The summed E-state index contributed by atoms with van der Waals surface area (Å²) in [6.45, 7) is 23.4. The van der Waals surface area contributed by atoms with Gasteiger partial charge in [0.1, 0.15) is 5.65 Å². The van der Waals surface area contributed by atoms with E-state index >= 15 is 0 Å². The topological polar surface area (TPSA) is 44.1 Å². The first-order chi connectivity index (χ1) is 18.8. The number of pyridine rings is 1. The van der Waals surface area contributed by atoms with Crippen LogP contribution in [0.1, 0.15) is 84.5 Å². The Bertz CT molecular complexity index is 1230. The van der Waals surface area contributed by atoms with E-state index < -0.39 is 0 Å². The molecule has 39 heavy (non-hydrogen) atoms. The molecule has 5 rings (SSSR count). The van der Waals surface area contributed by atoms with Gasteiger partial charge >= 0.3 is 0 Å². The molecular formula is C33H49N5O. The largest absolute Gasteiger partial charge is 0.368 e. The summed E-state index contributed by atoms with van der Waals surface area (Å²) in [5.41, 5.74) is 5.84. The zero-order valence-electron chi connectivity index (χ0n) is 25.4. The highest BCUT2D eigenvalue weighted by Gasteiger charge is 2.33. The van der Waals surface area contributed by atoms with E-state index in [1.54, 1.807) is 6.08 Å². The van der Waals surface area contributed by atoms with E-state index in [9.17, 15) is 4.79 Å². The molecule has 4 heterocycles. The van der Waals surface area contributed by atoms with Gasteiger partial charge in [-0.25, -0.2) is 4.98 Å².